The number of nitrogens with two attached hydrogens (primary N) is 1. The van der Waals surface area contributed by atoms with Gasteiger partial charge in [0.05, 0.1) is 18.7 Å². The van der Waals surface area contributed by atoms with Crippen molar-refractivity contribution in [1.82, 2.24) is 4.90 Å². The first-order valence-corrected chi connectivity index (χ1v) is 9.18. The van der Waals surface area contributed by atoms with Crippen molar-refractivity contribution in [3.8, 4) is 23.0 Å². The zero-order chi connectivity index (χ0) is 21.0. The van der Waals surface area contributed by atoms with Crippen LogP contribution >= 0.6 is 0 Å². The molecule has 8 heteroatoms. The summed E-state index contributed by atoms with van der Waals surface area (Å²) in [5.41, 5.74) is 6.16. The van der Waals surface area contributed by atoms with E-state index in [2.05, 4.69) is 0 Å². The van der Waals surface area contributed by atoms with Gasteiger partial charge >= 0.3 is 0 Å². The fourth-order valence-electron chi connectivity index (χ4n) is 2.94. The maximum absolute atomic E-state index is 12.4. The fraction of sp³-hybridized carbons (Fsp3) is 0.333. The minimum atomic E-state index is -0.599. The number of nitrogens with zero attached hydrogens (tertiary/aromatic N) is 1. The highest BCUT2D eigenvalue weighted by molar-refractivity contribution is 5.97. The number of methoxy groups -OCH3 is 1. The molecule has 0 saturated carbocycles. The van der Waals surface area contributed by atoms with Gasteiger partial charge in [0, 0.05) is 31.9 Å². The van der Waals surface area contributed by atoms with Gasteiger partial charge in [0.15, 0.2) is 0 Å². The van der Waals surface area contributed by atoms with E-state index in [4.69, 9.17) is 24.7 Å². The molecule has 0 fully saturated rings. The first-order valence-electron chi connectivity index (χ1n) is 9.18. The molecule has 0 aromatic heterocycles. The summed E-state index contributed by atoms with van der Waals surface area (Å²) >= 11 is 0. The van der Waals surface area contributed by atoms with Gasteiger partial charge in [-0.3, -0.25) is 9.59 Å². The Bertz CT molecular complexity index is 914. The summed E-state index contributed by atoms with van der Waals surface area (Å²) < 4.78 is 22.4. The lowest BCUT2D eigenvalue weighted by molar-refractivity contribution is 0.0796. The van der Waals surface area contributed by atoms with Gasteiger partial charge in [0.1, 0.15) is 35.7 Å². The van der Waals surface area contributed by atoms with Crippen LogP contribution in [0.25, 0.3) is 0 Å². The van der Waals surface area contributed by atoms with Crippen LogP contribution in [0.2, 0.25) is 0 Å². The normalized spacial score (nSPS) is 14.4. The maximum atomic E-state index is 12.4. The van der Waals surface area contributed by atoms with Crippen LogP contribution in [0.4, 0.5) is 0 Å². The summed E-state index contributed by atoms with van der Waals surface area (Å²) in [5, 5.41) is 0. The van der Waals surface area contributed by atoms with Crippen molar-refractivity contribution in [3.05, 3.63) is 47.5 Å². The Morgan fingerprint density at radius 1 is 1.21 bits per heavy atom. The van der Waals surface area contributed by atoms with Crippen LogP contribution in [0.1, 0.15) is 27.6 Å². The monoisotopic (exact) mass is 400 g/mol. The molecule has 0 aliphatic carbocycles. The predicted molar refractivity (Wildman–Crippen MR) is 106 cm³/mol. The topological polar surface area (TPSA) is 100 Å². The maximum Gasteiger partial charge on any atom is 0.257 e. The van der Waals surface area contributed by atoms with E-state index in [1.165, 1.54) is 6.07 Å². The number of likely N-dealkylation sites (N-methyl/N-ethyl adjacent to an activating group) is 1. The van der Waals surface area contributed by atoms with Crippen LogP contribution in [0.3, 0.4) is 0 Å². The quantitative estimate of drug-likeness (QED) is 0.766. The van der Waals surface area contributed by atoms with Gasteiger partial charge < -0.3 is 29.6 Å². The molecule has 3 rings (SSSR count). The van der Waals surface area contributed by atoms with Crippen LogP contribution in [0.15, 0.2) is 36.4 Å². The molecule has 2 aromatic carbocycles. The highest BCUT2D eigenvalue weighted by Crippen LogP contribution is 2.32. The molecule has 154 valence electrons. The third-order valence-electron chi connectivity index (χ3n) is 4.35. The molecule has 1 aliphatic heterocycles. The molecule has 1 aliphatic rings. The van der Waals surface area contributed by atoms with Gasteiger partial charge in [-0.2, -0.15) is 0 Å². The lowest BCUT2D eigenvalue weighted by Gasteiger charge is -2.16. The molecular weight excluding hydrogens is 376 g/mol. The van der Waals surface area contributed by atoms with Crippen molar-refractivity contribution < 1.29 is 28.5 Å². The summed E-state index contributed by atoms with van der Waals surface area (Å²) in [6.45, 7) is 3.14. The third-order valence-corrected chi connectivity index (χ3v) is 4.35. The summed E-state index contributed by atoms with van der Waals surface area (Å²) in [7, 11) is 3.31. The number of fused-ring (bicyclic) bond motifs is 1. The lowest BCUT2D eigenvalue weighted by atomic mass is 10.1. The number of rotatable bonds is 7. The molecule has 0 bridgehead atoms. The van der Waals surface area contributed by atoms with E-state index in [-0.39, 0.29) is 17.6 Å². The highest BCUT2D eigenvalue weighted by atomic mass is 16.5. The summed E-state index contributed by atoms with van der Waals surface area (Å²) in [6.07, 6.45) is -0.222. The standard InChI is InChI=1S/C21H24N2O6/c1-13(12-26-3)28-16-8-14(20(22)24)9-17(10-16)29-15-4-5-18-19(11-15)27-7-6-23(2)21(18)25/h4-5,8-11,13H,6-7,12H2,1-3H3,(H2,22,24). The predicted octanol–water partition coefficient (Wildman–Crippen LogP) is 2.46. The van der Waals surface area contributed by atoms with E-state index in [9.17, 15) is 9.59 Å². The molecule has 2 N–H and O–H groups in total. The summed E-state index contributed by atoms with van der Waals surface area (Å²) in [5.74, 6) is 1.01. The van der Waals surface area contributed by atoms with E-state index >= 15 is 0 Å². The highest BCUT2D eigenvalue weighted by Gasteiger charge is 2.21. The Morgan fingerprint density at radius 3 is 2.69 bits per heavy atom. The van der Waals surface area contributed by atoms with Crippen LogP contribution < -0.4 is 19.9 Å². The van der Waals surface area contributed by atoms with Crippen LogP contribution in [0, 0.1) is 0 Å². The molecule has 8 nitrogen and oxygen atoms in total. The van der Waals surface area contributed by atoms with Crippen LogP contribution in [0.5, 0.6) is 23.0 Å². The Balaban J connectivity index is 1.87. The first kappa shape index (κ1) is 20.5. The molecule has 1 heterocycles. The van der Waals surface area contributed by atoms with Crippen molar-refractivity contribution in [2.45, 2.75) is 13.0 Å². The Morgan fingerprint density at radius 2 is 1.97 bits per heavy atom. The molecular formula is C21H24N2O6. The van der Waals surface area contributed by atoms with Gasteiger partial charge in [0.25, 0.3) is 5.91 Å². The zero-order valence-electron chi connectivity index (χ0n) is 16.6. The van der Waals surface area contributed by atoms with Gasteiger partial charge in [-0.1, -0.05) is 0 Å². The van der Waals surface area contributed by atoms with E-state index < -0.39 is 5.91 Å². The molecule has 2 aromatic rings. The average molecular weight is 400 g/mol. The van der Waals surface area contributed by atoms with E-state index in [0.717, 1.165) is 0 Å². The van der Waals surface area contributed by atoms with Crippen molar-refractivity contribution in [1.29, 1.82) is 0 Å². The van der Waals surface area contributed by atoms with Crippen molar-refractivity contribution >= 4 is 11.8 Å². The number of amides is 2. The molecule has 0 spiro atoms. The van der Waals surface area contributed by atoms with E-state index in [0.29, 0.717) is 48.3 Å². The number of ether oxygens (including phenoxy) is 4. The lowest BCUT2D eigenvalue weighted by Crippen LogP contribution is -2.27. The fourth-order valence-corrected chi connectivity index (χ4v) is 2.94. The van der Waals surface area contributed by atoms with E-state index in [1.54, 1.807) is 49.4 Å². The minimum absolute atomic E-state index is 0.109. The van der Waals surface area contributed by atoms with Crippen molar-refractivity contribution in [2.24, 2.45) is 5.73 Å². The van der Waals surface area contributed by atoms with Crippen LogP contribution in [-0.4, -0.2) is 56.7 Å². The van der Waals surface area contributed by atoms with Crippen molar-refractivity contribution in [3.63, 3.8) is 0 Å². The van der Waals surface area contributed by atoms with Gasteiger partial charge in [0.2, 0.25) is 5.91 Å². The number of carbonyl (C=O) groups excluding carboxylic acids is 2. The van der Waals surface area contributed by atoms with Gasteiger partial charge in [-0.05, 0) is 31.2 Å². The zero-order valence-corrected chi connectivity index (χ0v) is 16.6. The number of benzene rings is 2. The second-order valence-corrected chi connectivity index (χ2v) is 6.78. The molecule has 0 saturated heterocycles. The Hall–Kier alpha value is -3.26. The largest absolute Gasteiger partial charge is 0.491 e. The molecule has 29 heavy (non-hydrogen) atoms. The molecule has 0 radical (unpaired) electrons. The van der Waals surface area contributed by atoms with Crippen molar-refractivity contribution in [2.75, 3.05) is 33.9 Å². The molecule has 1 unspecified atom stereocenters. The number of primary amides is 1. The third kappa shape index (κ3) is 4.97. The molecule has 1 atom stereocenters. The van der Waals surface area contributed by atoms with E-state index in [1.807, 2.05) is 6.92 Å². The summed E-state index contributed by atoms with van der Waals surface area (Å²) in [6, 6.07) is 9.72. The van der Waals surface area contributed by atoms with Gasteiger partial charge in [-0.25, -0.2) is 0 Å². The first-order chi connectivity index (χ1) is 13.9. The Labute approximate surface area is 169 Å². The Kier molecular flexibility index (Phi) is 6.23. The number of carbonyl (C=O) groups is 2. The number of hydrogen-bond donors (Lipinski definition) is 1. The summed E-state index contributed by atoms with van der Waals surface area (Å²) in [4.78, 5) is 25.6. The van der Waals surface area contributed by atoms with Gasteiger partial charge in [-0.15, -0.1) is 0 Å². The second kappa shape index (κ2) is 8.83. The SMILES string of the molecule is COCC(C)Oc1cc(Oc2ccc3c(c2)OCCN(C)C3=O)cc(C(N)=O)c1. The van der Waals surface area contributed by atoms with Crippen LogP contribution in [-0.2, 0) is 4.74 Å². The average Bonchev–Trinajstić information content (AvgIpc) is 2.80. The smallest absolute Gasteiger partial charge is 0.257 e. The minimum Gasteiger partial charge on any atom is -0.491 e. The molecule has 2 amide bonds. The number of hydrogen-bond acceptors (Lipinski definition) is 6. The second-order valence-electron chi connectivity index (χ2n) is 6.78.